The van der Waals surface area contributed by atoms with Crippen LogP contribution in [0.1, 0.15) is 30.1 Å². The number of aromatic amines is 1. The van der Waals surface area contributed by atoms with E-state index in [1.165, 1.54) is 18.3 Å². The Labute approximate surface area is 122 Å². The molecule has 0 aliphatic heterocycles. The quantitative estimate of drug-likeness (QED) is 0.762. The minimum atomic E-state index is -0.335. The van der Waals surface area contributed by atoms with Crippen LogP contribution in [0.15, 0.2) is 30.5 Å². The van der Waals surface area contributed by atoms with Crippen LogP contribution in [-0.4, -0.2) is 33.9 Å². The molecule has 0 saturated heterocycles. The summed E-state index contributed by atoms with van der Waals surface area (Å²) in [5.41, 5.74) is 1.64. The average molecular weight is 291 g/mol. The van der Waals surface area contributed by atoms with Crippen LogP contribution in [0.3, 0.4) is 0 Å². The molecular weight excluding hydrogens is 273 g/mol. The predicted molar refractivity (Wildman–Crippen MR) is 77.2 cm³/mol. The molecule has 0 fully saturated rings. The molecule has 0 radical (unpaired) electrons. The van der Waals surface area contributed by atoms with E-state index >= 15 is 0 Å². The van der Waals surface area contributed by atoms with Crippen LogP contribution in [0.5, 0.6) is 0 Å². The number of hydrogen-bond acceptors (Lipinski definition) is 3. The Bertz CT molecular complexity index is 595. The molecule has 1 atom stereocenters. The Hall–Kier alpha value is -2.21. The summed E-state index contributed by atoms with van der Waals surface area (Å²) in [7, 11) is 0. The van der Waals surface area contributed by atoms with Gasteiger partial charge in [0.15, 0.2) is 0 Å². The van der Waals surface area contributed by atoms with Crippen molar-refractivity contribution in [3.8, 4) is 11.3 Å². The van der Waals surface area contributed by atoms with E-state index in [0.717, 1.165) is 6.42 Å². The summed E-state index contributed by atoms with van der Waals surface area (Å²) in [5, 5.41) is 18.5. The summed E-state index contributed by atoms with van der Waals surface area (Å²) in [6, 6.07) is 5.75. The van der Waals surface area contributed by atoms with Crippen molar-refractivity contribution in [3.05, 3.63) is 41.8 Å². The van der Waals surface area contributed by atoms with Crippen LogP contribution in [-0.2, 0) is 0 Å². The molecule has 1 aromatic carbocycles. The zero-order chi connectivity index (χ0) is 15.2. The predicted octanol–water partition coefficient (Wildman–Crippen LogP) is 2.11. The van der Waals surface area contributed by atoms with Crippen LogP contribution in [0, 0.1) is 5.82 Å². The van der Waals surface area contributed by atoms with Crippen molar-refractivity contribution in [1.29, 1.82) is 0 Å². The molecule has 0 saturated carbocycles. The van der Waals surface area contributed by atoms with Crippen LogP contribution in [0.4, 0.5) is 4.39 Å². The number of amides is 1. The van der Waals surface area contributed by atoms with Crippen molar-refractivity contribution >= 4 is 5.91 Å². The van der Waals surface area contributed by atoms with E-state index in [4.69, 9.17) is 5.11 Å². The van der Waals surface area contributed by atoms with E-state index in [9.17, 15) is 9.18 Å². The molecule has 2 rings (SSSR count). The van der Waals surface area contributed by atoms with Gasteiger partial charge in [-0.25, -0.2) is 4.39 Å². The van der Waals surface area contributed by atoms with Crippen LogP contribution in [0.2, 0.25) is 0 Å². The Morgan fingerprint density at radius 3 is 2.76 bits per heavy atom. The fourth-order valence-corrected chi connectivity index (χ4v) is 2.09. The van der Waals surface area contributed by atoms with Crippen molar-refractivity contribution in [2.75, 3.05) is 6.61 Å². The molecule has 1 heterocycles. The molecule has 0 bridgehead atoms. The van der Waals surface area contributed by atoms with Crippen LogP contribution in [0.25, 0.3) is 11.3 Å². The van der Waals surface area contributed by atoms with Crippen molar-refractivity contribution in [2.24, 2.45) is 0 Å². The number of aromatic nitrogens is 2. The van der Waals surface area contributed by atoms with Crippen molar-refractivity contribution in [3.63, 3.8) is 0 Å². The van der Waals surface area contributed by atoms with Gasteiger partial charge in [-0.3, -0.25) is 9.89 Å². The summed E-state index contributed by atoms with van der Waals surface area (Å²) in [5.74, 6) is -0.596. The fraction of sp³-hybridized carbons (Fsp3) is 0.333. The van der Waals surface area contributed by atoms with Crippen molar-refractivity contribution in [2.45, 2.75) is 25.8 Å². The second kappa shape index (κ2) is 6.99. The van der Waals surface area contributed by atoms with Crippen molar-refractivity contribution in [1.82, 2.24) is 15.5 Å². The molecular formula is C15H18FN3O2. The lowest BCUT2D eigenvalue weighted by molar-refractivity contribution is 0.0930. The third-order valence-corrected chi connectivity index (χ3v) is 3.32. The highest BCUT2D eigenvalue weighted by atomic mass is 19.1. The second-order valence-corrected chi connectivity index (χ2v) is 4.76. The van der Waals surface area contributed by atoms with E-state index in [2.05, 4.69) is 15.5 Å². The molecule has 1 amide bonds. The summed E-state index contributed by atoms with van der Waals surface area (Å²) in [4.78, 5) is 12.3. The van der Waals surface area contributed by atoms with Gasteiger partial charge in [0.05, 0.1) is 17.5 Å². The average Bonchev–Trinajstić information content (AvgIpc) is 2.97. The molecule has 2 aromatic rings. The molecule has 3 N–H and O–H groups in total. The highest BCUT2D eigenvalue weighted by molar-refractivity contribution is 5.99. The number of nitrogens with one attached hydrogen (secondary N) is 2. The zero-order valence-corrected chi connectivity index (χ0v) is 11.8. The number of hydrogen-bond donors (Lipinski definition) is 3. The van der Waals surface area contributed by atoms with Gasteiger partial charge in [0.1, 0.15) is 5.82 Å². The molecule has 0 spiro atoms. The van der Waals surface area contributed by atoms with Crippen LogP contribution < -0.4 is 5.32 Å². The lowest BCUT2D eigenvalue weighted by atomic mass is 10.1. The lowest BCUT2D eigenvalue weighted by Crippen LogP contribution is -2.35. The first kappa shape index (κ1) is 15.2. The van der Waals surface area contributed by atoms with E-state index in [1.807, 2.05) is 6.92 Å². The maximum atomic E-state index is 13.0. The lowest BCUT2D eigenvalue weighted by Gasteiger charge is -2.15. The number of H-pyrrole nitrogens is 1. The number of rotatable bonds is 6. The SMILES string of the molecule is CCC(CCO)NC(=O)c1cn[nH]c1-c1ccc(F)cc1. The summed E-state index contributed by atoms with van der Waals surface area (Å²) < 4.78 is 13.0. The molecule has 6 heteroatoms. The minimum absolute atomic E-state index is 0.0228. The highest BCUT2D eigenvalue weighted by Crippen LogP contribution is 2.21. The van der Waals surface area contributed by atoms with Gasteiger partial charge in [-0.15, -0.1) is 0 Å². The van der Waals surface area contributed by atoms with Crippen LogP contribution >= 0.6 is 0 Å². The third kappa shape index (κ3) is 3.66. The first-order valence-corrected chi connectivity index (χ1v) is 6.86. The fourth-order valence-electron chi connectivity index (χ4n) is 2.09. The summed E-state index contributed by atoms with van der Waals surface area (Å²) in [6.45, 7) is 1.96. The van der Waals surface area contributed by atoms with E-state index in [0.29, 0.717) is 23.2 Å². The monoisotopic (exact) mass is 291 g/mol. The number of halogens is 1. The smallest absolute Gasteiger partial charge is 0.255 e. The third-order valence-electron chi connectivity index (χ3n) is 3.32. The van der Waals surface area contributed by atoms with Gasteiger partial charge >= 0.3 is 0 Å². The molecule has 0 aliphatic carbocycles. The molecule has 0 aliphatic rings. The number of carbonyl (C=O) groups is 1. The van der Waals surface area contributed by atoms with Crippen molar-refractivity contribution < 1.29 is 14.3 Å². The van der Waals surface area contributed by atoms with E-state index in [-0.39, 0.29) is 24.4 Å². The minimum Gasteiger partial charge on any atom is -0.396 e. The number of aliphatic hydroxyl groups excluding tert-OH is 1. The van der Waals surface area contributed by atoms with Gasteiger partial charge in [0, 0.05) is 18.2 Å². The Balaban J connectivity index is 2.19. The molecule has 1 aromatic heterocycles. The highest BCUT2D eigenvalue weighted by Gasteiger charge is 2.18. The number of carbonyl (C=O) groups excluding carboxylic acids is 1. The van der Waals surface area contributed by atoms with Gasteiger partial charge in [-0.1, -0.05) is 6.92 Å². The maximum absolute atomic E-state index is 13.0. The molecule has 21 heavy (non-hydrogen) atoms. The second-order valence-electron chi connectivity index (χ2n) is 4.76. The van der Waals surface area contributed by atoms with Gasteiger partial charge in [0.25, 0.3) is 5.91 Å². The standard InChI is InChI=1S/C15H18FN3O2/c1-2-12(7-8-20)18-15(21)13-9-17-19-14(13)10-3-5-11(16)6-4-10/h3-6,9,12,20H,2,7-8H2,1H3,(H,17,19)(H,18,21). The number of benzene rings is 1. The van der Waals surface area contributed by atoms with E-state index in [1.54, 1.807) is 12.1 Å². The topological polar surface area (TPSA) is 78.0 Å². The Morgan fingerprint density at radius 1 is 1.43 bits per heavy atom. The van der Waals surface area contributed by atoms with Gasteiger partial charge in [0.2, 0.25) is 0 Å². The summed E-state index contributed by atoms with van der Waals surface area (Å²) >= 11 is 0. The van der Waals surface area contributed by atoms with Gasteiger partial charge < -0.3 is 10.4 Å². The van der Waals surface area contributed by atoms with Gasteiger partial charge in [-0.05, 0) is 37.1 Å². The first-order valence-electron chi connectivity index (χ1n) is 6.86. The first-order chi connectivity index (χ1) is 10.2. The molecule has 1 unspecified atom stereocenters. The summed E-state index contributed by atoms with van der Waals surface area (Å²) in [6.07, 6.45) is 2.68. The Morgan fingerprint density at radius 2 is 2.14 bits per heavy atom. The Kier molecular flexibility index (Phi) is 5.05. The van der Waals surface area contributed by atoms with E-state index < -0.39 is 0 Å². The zero-order valence-electron chi connectivity index (χ0n) is 11.8. The largest absolute Gasteiger partial charge is 0.396 e. The molecule has 5 nitrogen and oxygen atoms in total. The maximum Gasteiger partial charge on any atom is 0.255 e. The number of nitrogens with zero attached hydrogens (tertiary/aromatic N) is 1. The number of aliphatic hydroxyl groups is 1. The molecule has 112 valence electrons. The van der Waals surface area contributed by atoms with Gasteiger partial charge in [-0.2, -0.15) is 5.10 Å². The normalized spacial score (nSPS) is 12.1.